The summed E-state index contributed by atoms with van der Waals surface area (Å²) in [4.78, 5) is 18.1. The van der Waals surface area contributed by atoms with Crippen molar-refractivity contribution >= 4 is 16.7 Å². The van der Waals surface area contributed by atoms with Crippen molar-refractivity contribution in [1.82, 2.24) is 9.80 Å². The SMILES string of the molecule is CCC1CN(C(=O)c2cccc3ccccc23)CC1CN1CCC(c2ccc(F)cc2)CC1. The van der Waals surface area contributed by atoms with Gasteiger partial charge in [-0.3, -0.25) is 4.79 Å². The van der Waals surface area contributed by atoms with Gasteiger partial charge in [0.15, 0.2) is 0 Å². The molecule has 0 radical (unpaired) electrons. The Bertz CT molecular complexity index is 1100. The maximum absolute atomic E-state index is 13.5. The monoisotopic (exact) mass is 444 g/mol. The van der Waals surface area contributed by atoms with E-state index in [4.69, 9.17) is 0 Å². The van der Waals surface area contributed by atoms with E-state index in [-0.39, 0.29) is 11.7 Å². The van der Waals surface area contributed by atoms with Crippen LogP contribution in [-0.2, 0) is 0 Å². The van der Waals surface area contributed by atoms with Crippen LogP contribution < -0.4 is 0 Å². The molecule has 172 valence electrons. The molecule has 0 spiro atoms. The molecule has 5 rings (SSSR count). The smallest absolute Gasteiger partial charge is 0.254 e. The molecule has 2 atom stereocenters. The van der Waals surface area contributed by atoms with Crippen molar-refractivity contribution in [2.45, 2.75) is 32.1 Å². The van der Waals surface area contributed by atoms with Crippen molar-refractivity contribution in [3.8, 4) is 0 Å². The number of hydrogen-bond donors (Lipinski definition) is 0. The highest BCUT2D eigenvalue weighted by Gasteiger charge is 2.36. The van der Waals surface area contributed by atoms with Gasteiger partial charge < -0.3 is 9.80 Å². The van der Waals surface area contributed by atoms with E-state index in [2.05, 4.69) is 34.9 Å². The van der Waals surface area contributed by atoms with Crippen LogP contribution in [0.25, 0.3) is 10.8 Å². The summed E-state index contributed by atoms with van der Waals surface area (Å²) in [5.41, 5.74) is 2.08. The first-order valence-electron chi connectivity index (χ1n) is 12.4. The summed E-state index contributed by atoms with van der Waals surface area (Å²) >= 11 is 0. The Kier molecular flexibility index (Phi) is 6.45. The van der Waals surface area contributed by atoms with E-state index in [1.807, 2.05) is 36.4 Å². The van der Waals surface area contributed by atoms with Crippen LogP contribution >= 0.6 is 0 Å². The highest BCUT2D eigenvalue weighted by Crippen LogP contribution is 2.33. The Morgan fingerprint density at radius 1 is 0.909 bits per heavy atom. The summed E-state index contributed by atoms with van der Waals surface area (Å²) in [5, 5.41) is 2.17. The molecule has 2 unspecified atom stereocenters. The second kappa shape index (κ2) is 9.64. The number of hydrogen-bond acceptors (Lipinski definition) is 2. The van der Waals surface area contributed by atoms with Gasteiger partial charge in [0.25, 0.3) is 5.91 Å². The number of likely N-dealkylation sites (tertiary alicyclic amines) is 2. The molecule has 2 fully saturated rings. The van der Waals surface area contributed by atoms with Gasteiger partial charge >= 0.3 is 0 Å². The van der Waals surface area contributed by atoms with E-state index in [1.54, 1.807) is 12.1 Å². The molecule has 2 aliphatic heterocycles. The number of carbonyl (C=O) groups is 1. The van der Waals surface area contributed by atoms with Crippen molar-refractivity contribution in [3.63, 3.8) is 0 Å². The van der Waals surface area contributed by atoms with Crippen molar-refractivity contribution < 1.29 is 9.18 Å². The molecule has 0 aliphatic carbocycles. The maximum atomic E-state index is 13.5. The normalized spacial score (nSPS) is 22.2. The van der Waals surface area contributed by atoms with Crippen LogP contribution in [0.3, 0.4) is 0 Å². The van der Waals surface area contributed by atoms with Crippen molar-refractivity contribution in [2.24, 2.45) is 11.8 Å². The summed E-state index contributed by atoms with van der Waals surface area (Å²) in [6.45, 7) is 7.17. The Morgan fingerprint density at radius 3 is 2.36 bits per heavy atom. The van der Waals surface area contributed by atoms with E-state index in [0.29, 0.717) is 17.8 Å². The molecule has 2 aliphatic rings. The minimum Gasteiger partial charge on any atom is -0.338 e. The zero-order valence-electron chi connectivity index (χ0n) is 19.4. The minimum absolute atomic E-state index is 0.161. The number of benzene rings is 3. The second-order valence-electron chi connectivity index (χ2n) is 9.79. The van der Waals surface area contributed by atoms with Gasteiger partial charge in [-0.2, -0.15) is 0 Å². The van der Waals surface area contributed by atoms with Crippen LogP contribution in [-0.4, -0.2) is 48.4 Å². The van der Waals surface area contributed by atoms with Gasteiger partial charge in [-0.1, -0.05) is 61.9 Å². The molecule has 0 aromatic heterocycles. The fourth-order valence-electron chi connectivity index (χ4n) is 5.87. The van der Waals surface area contributed by atoms with E-state index in [0.717, 1.165) is 68.3 Å². The molecule has 3 aromatic rings. The molecular formula is C29H33FN2O. The molecule has 0 saturated carbocycles. The predicted molar refractivity (Wildman–Crippen MR) is 132 cm³/mol. The average molecular weight is 445 g/mol. The lowest BCUT2D eigenvalue weighted by Crippen LogP contribution is -2.38. The zero-order valence-corrected chi connectivity index (χ0v) is 19.4. The lowest BCUT2D eigenvalue weighted by atomic mass is 9.88. The number of rotatable bonds is 5. The van der Waals surface area contributed by atoms with Crippen LogP contribution in [0.2, 0.25) is 0 Å². The Balaban J connectivity index is 1.22. The third-order valence-corrected chi connectivity index (χ3v) is 7.83. The van der Waals surface area contributed by atoms with Crippen LogP contribution in [0.1, 0.15) is 48.0 Å². The number of halogens is 1. The summed E-state index contributed by atoms with van der Waals surface area (Å²) in [5.74, 6) is 1.61. The fourth-order valence-corrected chi connectivity index (χ4v) is 5.87. The summed E-state index contributed by atoms with van der Waals surface area (Å²) < 4.78 is 13.3. The molecule has 2 heterocycles. The third-order valence-electron chi connectivity index (χ3n) is 7.83. The summed E-state index contributed by atoms with van der Waals surface area (Å²) in [7, 11) is 0. The molecule has 33 heavy (non-hydrogen) atoms. The van der Waals surface area contributed by atoms with Gasteiger partial charge in [-0.15, -0.1) is 0 Å². The van der Waals surface area contributed by atoms with Gasteiger partial charge in [0.05, 0.1) is 0 Å². The first-order valence-corrected chi connectivity index (χ1v) is 12.4. The largest absolute Gasteiger partial charge is 0.338 e. The Labute approximate surface area is 196 Å². The number of amides is 1. The predicted octanol–water partition coefficient (Wildman–Crippen LogP) is 5.96. The van der Waals surface area contributed by atoms with E-state index in [1.165, 1.54) is 5.56 Å². The number of carbonyl (C=O) groups excluding carboxylic acids is 1. The standard InChI is InChI=1S/C29H33FN2O/c1-2-21-19-32(29(33)28-9-5-7-24-6-3-4-8-27(24)28)20-25(21)18-31-16-14-23(15-17-31)22-10-12-26(30)13-11-22/h3-13,21,23,25H,2,14-20H2,1H3. The molecule has 0 N–H and O–H groups in total. The molecule has 3 aromatic carbocycles. The van der Waals surface area contributed by atoms with Gasteiger partial charge in [0, 0.05) is 25.2 Å². The molecule has 3 nitrogen and oxygen atoms in total. The first-order chi connectivity index (χ1) is 16.1. The lowest BCUT2D eigenvalue weighted by molar-refractivity contribution is 0.0782. The zero-order chi connectivity index (χ0) is 22.8. The fraction of sp³-hybridized carbons (Fsp3) is 0.414. The number of fused-ring (bicyclic) bond motifs is 1. The number of piperidine rings is 1. The highest BCUT2D eigenvalue weighted by atomic mass is 19.1. The van der Waals surface area contributed by atoms with E-state index >= 15 is 0 Å². The first kappa shape index (κ1) is 22.1. The molecule has 1 amide bonds. The van der Waals surface area contributed by atoms with Crippen LogP contribution in [0.5, 0.6) is 0 Å². The quantitative estimate of drug-likeness (QED) is 0.485. The van der Waals surface area contributed by atoms with E-state index in [9.17, 15) is 9.18 Å². The lowest BCUT2D eigenvalue weighted by Gasteiger charge is -2.34. The highest BCUT2D eigenvalue weighted by molar-refractivity contribution is 6.07. The van der Waals surface area contributed by atoms with Crippen molar-refractivity contribution in [3.05, 3.63) is 83.7 Å². The topological polar surface area (TPSA) is 23.6 Å². The van der Waals surface area contributed by atoms with Crippen LogP contribution in [0.4, 0.5) is 4.39 Å². The van der Waals surface area contributed by atoms with Crippen LogP contribution in [0, 0.1) is 17.7 Å². The average Bonchev–Trinajstić information content (AvgIpc) is 3.27. The van der Waals surface area contributed by atoms with Crippen molar-refractivity contribution in [2.75, 3.05) is 32.7 Å². The number of nitrogens with zero attached hydrogens (tertiary/aromatic N) is 2. The minimum atomic E-state index is -0.161. The molecule has 4 heteroatoms. The summed E-state index contributed by atoms with van der Waals surface area (Å²) in [6, 6.07) is 21.2. The molecular weight excluding hydrogens is 411 g/mol. The second-order valence-corrected chi connectivity index (χ2v) is 9.79. The van der Waals surface area contributed by atoms with Gasteiger partial charge in [-0.25, -0.2) is 4.39 Å². The van der Waals surface area contributed by atoms with Crippen molar-refractivity contribution in [1.29, 1.82) is 0 Å². The maximum Gasteiger partial charge on any atom is 0.254 e. The van der Waals surface area contributed by atoms with Crippen LogP contribution in [0.15, 0.2) is 66.7 Å². The Hall–Kier alpha value is -2.72. The van der Waals surface area contributed by atoms with Gasteiger partial charge in [0.2, 0.25) is 0 Å². The van der Waals surface area contributed by atoms with Gasteiger partial charge in [0.1, 0.15) is 5.82 Å². The third kappa shape index (κ3) is 4.67. The molecule has 0 bridgehead atoms. The van der Waals surface area contributed by atoms with E-state index < -0.39 is 0 Å². The van der Waals surface area contributed by atoms with Gasteiger partial charge in [-0.05, 0) is 78.2 Å². The summed E-state index contributed by atoms with van der Waals surface area (Å²) in [6.07, 6.45) is 3.34. The Morgan fingerprint density at radius 2 is 1.61 bits per heavy atom. The molecule has 2 saturated heterocycles.